The van der Waals surface area contributed by atoms with E-state index in [0.717, 1.165) is 12.1 Å². The van der Waals surface area contributed by atoms with Crippen LogP contribution in [-0.4, -0.2) is 39.7 Å². The summed E-state index contributed by atoms with van der Waals surface area (Å²) in [6, 6.07) is 2.26. The Morgan fingerprint density at radius 1 is 1.50 bits per heavy atom. The largest absolute Gasteiger partial charge is 0.494 e. The van der Waals surface area contributed by atoms with Crippen molar-refractivity contribution in [2.24, 2.45) is 5.73 Å². The van der Waals surface area contributed by atoms with Gasteiger partial charge >= 0.3 is 5.97 Å². The number of carbonyl (C=O) groups is 1. The summed E-state index contributed by atoms with van der Waals surface area (Å²) in [4.78, 5) is 10.8. The molecule has 0 fully saturated rings. The monoisotopic (exact) mass is 322 g/mol. The number of hydrogen-bond acceptors (Lipinski definition) is 5. The van der Waals surface area contributed by atoms with Gasteiger partial charge in [0.25, 0.3) is 0 Å². The van der Waals surface area contributed by atoms with Crippen LogP contribution in [0.1, 0.15) is 16.8 Å². The van der Waals surface area contributed by atoms with Crippen LogP contribution in [0.3, 0.4) is 0 Å². The highest BCUT2D eigenvalue weighted by atomic mass is 35.5. The second kappa shape index (κ2) is 6.89. The van der Waals surface area contributed by atoms with Gasteiger partial charge in [0.2, 0.25) is 10.0 Å². The smallest absolute Gasteiger partial charge is 0.339 e. The molecule has 0 atom stereocenters. The van der Waals surface area contributed by atoms with Gasteiger partial charge in [0.15, 0.2) is 5.75 Å². The summed E-state index contributed by atoms with van der Waals surface area (Å²) < 4.78 is 31.5. The molecular weight excluding hydrogens is 308 g/mol. The molecule has 0 aliphatic carbocycles. The third-order valence-electron chi connectivity index (χ3n) is 2.42. The normalized spacial score (nSPS) is 11.3. The number of nitrogens with two attached hydrogens (primary N) is 1. The second-order valence-corrected chi connectivity index (χ2v) is 6.00. The number of hydrogen-bond donors (Lipinski definition) is 3. The average molecular weight is 323 g/mol. The maximum atomic E-state index is 12.1. The average Bonchev–Trinajstić information content (AvgIpc) is 2.37. The number of methoxy groups -OCH3 is 1. The van der Waals surface area contributed by atoms with E-state index in [-0.39, 0.29) is 27.8 Å². The van der Waals surface area contributed by atoms with Crippen LogP contribution in [0.4, 0.5) is 0 Å². The molecule has 0 aromatic heterocycles. The van der Waals surface area contributed by atoms with Crippen LogP contribution in [0.15, 0.2) is 17.0 Å². The second-order valence-electron chi connectivity index (χ2n) is 3.83. The minimum atomic E-state index is -3.93. The standard InChI is InChI=1S/C11H15ClN2O5S/c1-19-10-8(11(15)16)5-7(12)6-9(10)20(17,18)14-4-2-3-13/h5-6,14H,2-4,13H2,1H3,(H,15,16). The first kappa shape index (κ1) is 16.7. The van der Waals surface area contributed by atoms with E-state index >= 15 is 0 Å². The predicted molar refractivity (Wildman–Crippen MR) is 73.8 cm³/mol. The van der Waals surface area contributed by atoms with Crippen molar-refractivity contribution in [2.75, 3.05) is 20.2 Å². The quantitative estimate of drug-likeness (QED) is 0.635. The van der Waals surface area contributed by atoms with E-state index in [4.69, 9.17) is 27.2 Å². The highest BCUT2D eigenvalue weighted by Crippen LogP contribution is 2.31. The van der Waals surface area contributed by atoms with E-state index in [1.807, 2.05) is 0 Å². The maximum absolute atomic E-state index is 12.1. The fourth-order valence-corrected chi connectivity index (χ4v) is 3.09. The fourth-order valence-electron chi connectivity index (χ4n) is 1.52. The van der Waals surface area contributed by atoms with E-state index < -0.39 is 16.0 Å². The first-order valence-electron chi connectivity index (χ1n) is 5.64. The summed E-state index contributed by atoms with van der Waals surface area (Å²) in [7, 11) is -2.74. The number of ether oxygens (including phenoxy) is 1. The molecule has 112 valence electrons. The lowest BCUT2D eigenvalue weighted by atomic mass is 10.2. The molecular formula is C11H15ClN2O5S. The third kappa shape index (κ3) is 3.83. The molecule has 9 heteroatoms. The summed E-state index contributed by atoms with van der Waals surface area (Å²) in [6.07, 6.45) is 0.452. The Hall–Kier alpha value is -1.35. The third-order valence-corrected chi connectivity index (χ3v) is 4.10. The number of nitrogens with one attached hydrogen (secondary N) is 1. The van der Waals surface area contributed by atoms with Crippen molar-refractivity contribution in [1.82, 2.24) is 4.72 Å². The van der Waals surface area contributed by atoms with Gasteiger partial charge in [-0.1, -0.05) is 11.6 Å². The van der Waals surface area contributed by atoms with Gasteiger partial charge in [-0.15, -0.1) is 0 Å². The van der Waals surface area contributed by atoms with Gasteiger partial charge < -0.3 is 15.6 Å². The van der Waals surface area contributed by atoms with Gasteiger partial charge in [-0.2, -0.15) is 0 Å². The SMILES string of the molecule is COc1c(C(=O)O)cc(Cl)cc1S(=O)(=O)NCCCN. The van der Waals surface area contributed by atoms with Crippen molar-refractivity contribution in [1.29, 1.82) is 0 Å². The summed E-state index contributed by atoms with van der Waals surface area (Å²) in [5.41, 5.74) is 4.96. The Morgan fingerprint density at radius 2 is 2.15 bits per heavy atom. The van der Waals surface area contributed by atoms with Gasteiger partial charge in [0.1, 0.15) is 10.5 Å². The number of benzene rings is 1. The zero-order valence-electron chi connectivity index (χ0n) is 10.7. The molecule has 0 saturated heterocycles. The van der Waals surface area contributed by atoms with Crippen LogP contribution in [-0.2, 0) is 10.0 Å². The first-order chi connectivity index (χ1) is 9.33. The molecule has 0 spiro atoms. The molecule has 1 rings (SSSR count). The van der Waals surface area contributed by atoms with Gasteiger partial charge in [-0.3, -0.25) is 0 Å². The Morgan fingerprint density at radius 3 is 2.65 bits per heavy atom. The Balaban J connectivity index is 3.33. The molecule has 7 nitrogen and oxygen atoms in total. The van der Waals surface area contributed by atoms with Crippen LogP contribution in [0.25, 0.3) is 0 Å². The molecule has 0 saturated carbocycles. The lowest BCUT2D eigenvalue weighted by Gasteiger charge is -2.13. The molecule has 1 aromatic carbocycles. The van der Waals surface area contributed by atoms with Crippen LogP contribution in [0.5, 0.6) is 5.75 Å². The van der Waals surface area contributed by atoms with Crippen molar-refractivity contribution < 1.29 is 23.1 Å². The molecule has 0 heterocycles. The van der Waals surface area contributed by atoms with E-state index in [9.17, 15) is 13.2 Å². The summed E-state index contributed by atoms with van der Waals surface area (Å²) in [5.74, 6) is -1.59. The van der Waals surface area contributed by atoms with Gasteiger partial charge in [0, 0.05) is 11.6 Å². The maximum Gasteiger partial charge on any atom is 0.339 e. The molecule has 0 aliphatic rings. The van der Waals surface area contributed by atoms with Crippen LogP contribution in [0.2, 0.25) is 5.02 Å². The molecule has 20 heavy (non-hydrogen) atoms. The van der Waals surface area contributed by atoms with Crippen molar-refractivity contribution >= 4 is 27.6 Å². The van der Waals surface area contributed by atoms with E-state index in [0.29, 0.717) is 13.0 Å². The van der Waals surface area contributed by atoms with E-state index in [1.165, 1.54) is 7.11 Å². The number of aromatic carboxylic acids is 1. The zero-order chi connectivity index (χ0) is 15.3. The minimum Gasteiger partial charge on any atom is -0.494 e. The molecule has 0 unspecified atom stereocenters. The van der Waals surface area contributed by atoms with Gasteiger partial charge in [0.05, 0.1) is 7.11 Å². The van der Waals surface area contributed by atoms with Crippen molar-refractivity contribution in [3.05, 3.63) is 22.7 Å². The topological polar surface area (TPSA) is 119 Å². The molecule has 0 radical (unpaired) electrons. The molecule has 0 amide bonds. The highest BCUT2D eigenvalue weighted by Gasteiger charge is 2.25. The van der Waals surface area contributed by atoms with E-state index in [1.54, 1.807) is 0 Å². The summed E-state index contributed by atoms with van der Waals surface area (Å²) in [5, 5.41) is 9.04. The summed E-state index contributed by atoms with van der Waals surface area (Å²) in [6.45, 7) is 0.465. The van der Waals surface area contributed by atoms with E-state index in [2.05, 4.69) is 4.72 Å². The number of sulfonamides is 1. The van der Waals surface area contributed by atoms with Crippen molar-refractivity contribution in [3.8, 4) is 5.75 Å². The number of carboxylic acid groups (broad SMARTS) is 1. The number of halogens is 1. The molecule has 1 aromatic rings. The lowest BCUT2D eigenvalue weighted by Crippen LogP contribution is -2.27. The molecule has 0 aliphatic heterocycles. The van der Waals surface area contributed by atoms with Gasteiger partial charge in [-0.25, -0.2) is 17.9 Å². The summed E-state index contributed by atoms with van der Waals surface area (Å²) >= 11 is 5.76. The number of rotatable bonds is 7. The van der Waals surface area contributed by atoms with Crippen LogP contribution < -0.4 is 15.2 Å². The lowest BCUT2D eigenvalue weighted by molar-refractivity contribution is 0.0693. The minimum absolute atomic E-state index is 0.0117. The highest BCUT2D eigenvalue weighted by molar-refractivity contribution is 7.89. The Kier molecular flexibility index (Phi) is 5.75. The van der Waals surface area contributed by atoms with Crippen molar-refractivity contribution in [2.45, 2.75) is 11.3 Å². The number of carboxylic acids is 1. The van der Waals surface area contributed by atoms with Gasteiger partial charge in [-0.05, 0) is 25.1 Å². The molecule has 4 N–H and O–H groups in total. The Labute approximate surface area is 121 Å². The fraction of sp³-hybridized carbons (Fsp3) is 0.364. The zero-order valence-corrected chi connectivity index (χ0v) is 12.3. The van der Waals surface area contributed by atoms with Crippen LogP contribution >= 0.6 is 11.6 Å². The van der Waals surface area contributed by atoms with Crippen molar-refractivity contribution in [3.63, 3.8) is 0 Å². The molecule has 0 bridgehead atoms. The first-order valence-corrected chi connectivity index (χ1v) is 7.50. The predicted octanol–water partition coefficient (Wildman–Crippen LogP) is 0.674. The van der Waals surface area contributed by atoms with Crippen LogP contribution in [0, 0.1) is 0 Å². The Bertz CT molecular complexity index is 603.